The molecule has 228 valence electrons. The number of rotatable bonds is 13. The fraction of sp³-hybridized carbons (Fsp3) is 0.351. The minimum atomic E-state index is 0.192. The van der Waals surface area contributed by atoms with Crippen molar-refractivity contribution >= 4 is 40.0 Å². The van der Waals surface area contributed by atoms with Crippen molar-refractivity contribution in [3.63, 3.8) is 0 Å². The van der Waals surface area contributed by atoms with Gasteiger partial charge in [-0.15, -0.1) is 0 Å². The summed E-state index contributed by atoms with van der Waals surface area (Å²) in [5.74, 6) is 2.01. The molecule has 7 heteroatoms. The van der Waals surface area contributed by atoms with Crippen LogP contribution in [0.15, 0.2) is 80.2 Å². The molecule has 0 atom stereocenters. The number of benzene rings is 4. The lowest BCUT2D eigenvalue weighted by molar-refractivity contribution is 0.269. The standard InChI is InChI=1S/C37H41N3O2S2/c1-23(2)17-19-41-34-29(21-38)30(22-39)35(42-20-18-24(3)4)37(44-33-15-8-7-14-31(33)40)36(34)43-32-16-10-12-27-26(25(5)6)11-9-13-28(27)32/h7-16,23-25H,17-20,40H2,1-6H3. The molecule has 4 aromatic rings. The number of ether oxygens (including phenoxy) is 2. The molecule has 0 spiro atoms. The van der Waals surface area contributed by atoms with Gasteiger partial charge in [-0.05, 0) is 65.1 Å². The molecule has 0 unspecified atom stereocenters. The average Bonchev–Trinajstić information content (AvgIpc) is 2.99. The lowest BCUT2D eigenvalue weighted by Gasteiger charge is -2.23. The third kappa shape index (κ3) is 7.65. The van der Waals surface area contributed by atoms with E-state index in [0.29, 0.717) is 48.2 Å². The summed E-state index contributed by atoms with van der Waals surface area (Å²) in [6.07, 6.45) is 1.62. The number of hydrogen-bond donors (Lipinski definition) is 1. The molecule has 0 heterocycles. The van der Waals surface area contributed by atoms with Gasteiger partial charge in [0.05, 0.1) is 23.0 Å². The quantitative estimate of drug-likeness (QED) is 0.148. The van der Waals surface area contributed by atoms with E-state index in [4.69, 9.17) is 15.2 Å². The van der Waals surface area contributed by atoms with E-state index in [1.807, 2.05) is 24.3 Å². The number of nitrogens with two attached hydrogens (primary N) is 1. The fourth-order valence-electron chi connectivity index (χ4n) is 4.82. The van der Waals surface area contributed by atoms with Gasteiger partial charge < -0.3 is 15.2 Å². The Morgan fingerprint density at radius 1 is 0.659 bits per heavy atom. The topological polar surface area (TPSA) is 92.1 Å². The SMILES string of the molecule is CC(C)CCOc1c(C#N)c(C#N)c(OCCC(C)C)c(Sc2cccc3c(C(C)C)cccc23)c1Sc1ccccc1N. The molecule has 5 nitrogen and oxygen atoms in total. The van der Waals surface area contributed by atoms with E-state index in [1.54, 1.807) is 11.8 Å². The summed E-state index contributed by atoms with van der Waals surface area (Å²) in [5, 5.41) is 23.3. The molecule has 4 aromatic carbocycles. The van der Waals surface area contributed by atoms with Gasteiger partial charge in [-0.2, -0.15) is 10.5 Å². The average molecular weight is 624 g/mol. The van der Waals surface area contributed by atoms with E-state index >= 15 is 0 Å². The second-order valence-corrected chi connectivity index (χ2v) is 14.1. The Hall–Kier alpha value is -3.78. The van der Waals surface area contributed by atoms with E-state index in [1.165, 1.54) is 22.7 Å². The molecule has 0 aliphatic carbocycles. The summed E-state index contributed by atoms with van der Waals surface area (Å²) < 4.78 is 12.9. The van der Waals surface area contributed by atoms with Crippen LogP contribution in [0.4, 0.5) is 5.69 Å². The van der Waals surface area contributed by atoms with Gasteiger partial charge >= 0.3 is 0 Å². The lowest BCUT2D eigenvalue weighted by atomic mass is 9.96. The van der Waals surface area contributed by atoms with Crippen LogP contribution in [0.2, 0.25) is 0 Å². The van der Waals surface area contributed by atoms with Crippen molar-refractivity contribution < 1.29 is 9.47 Å². The van der Waals surface area contributed by atoms with E-state index in [2.05, 4.69) is 90.1 Å². The summed E-state index contributed by atoms with van der Waals surface area (Å²) >= 11 is 3.00. The Morgan fingerprint density at radius 3 is 1.68 bits per heavy atom. The van der Waals surface area contributed by atoms with E-state index in [-0.39, 0.29) is 11.1 Å². The number of anilines is 1. The number of hydrogen-bond acceptors (Lipinski definition) is 7. The van der Waals surface area contributed by atoms with Crippen LogP contribution in [-0.4, -0.2) is 13.2 Å². The number of nitrogens with zero attached hydrogens (tertiary/aromatic N) is 2. The first-order valence-corrected chi connectivity index (χ1v) is 16.8. The van der Waals surface area contributed by atoms with Gasteiger partial charge in [-0.3, -0.25) is 0 Å². The minimum Gasteiger partial charge on any atom is -0.491 e. The van der Waals surface area contributed by atoms with E-state index < -0.39 is 0 Å². The summed E-state index contributed by atoms with van der Waals surface area (Å²) in [5.41, 5.74) is 8.74. The highest BCUT2D eigenvalue weighted by Crippen LogP contribution is 2.53. The molecule has 0 radical (unpaired) electrons. The normalized spacial score (nSPS) is 11.2. The van der Waals surface area contributed by atoms with Crippen LogP contribution < -0.4 is 15.2 Å². The Kier molecular flexibility index (Phi) is 11.5. The third-order valence-electron chi connectivity index (χ3n) is 7.31. The maximum Gasteiger partial charge on any atom is 0.153 e. The van der Waals surface area contributed by atoms with Crippen LogP contribution in [-0.2, 0) is 0 Å². The van der Waals surface area contributed by atoms with Crippen molar-refractivity contribution in [3.8, 4) is 23.6 Å². The number of nitrogen functional groups attached to an aromatic ring is 1. The van der Waals surface area contributed by atoms with Gasteiger partial charge in [-0.25, -0.2) is 0 Å². The van der Waals surface area contributed by atoms with Gasteiger partial charge in [0.25, 0.3) is 0 Å². The van der Waals surface area contributed by atoms with Crippen LogP contribution in [0.25, 0.3) is 10.8 Å². The molecule has 0 saturated carbocycles. The molecule has 0 aliphatic rings. The molecule has 44 heavy (non-hydrogen) atoms. The molecule has 0 saturated heterocycles. The van der Waals surface area contributed by atoms with Crippen molar-refractivity contribution in [2.75, 3.05) is 18.9 Å². The predicted molar refractivity (Wildman–Crippen MR) is 183 cm³/mol. The van der Waals surface area contributed by atoms with E-state index in [0.717, 1.165) is 37.8 Å². The first-order valence-electron chi connectivity index (χ1n) is 15.2. The Morgan fingerprint density at radius 2 is 1.16 bits per heavy atom. The molecule has 0 amide bonds. The van der Waals surface area contributed by atoms with Gasteiger partial charge in [0.2, 0.25) is 0 Å². The van der Waals surface area contributed by atoms with Crippen molar-refractivity contribution in [1.29, 1.82) is 10.5 Å². The first kappa shape index (κ1) is 33.1. The van der Waals surface area contributed by atoms with Crippen LogP contribution in [0.1, 0.15) is 77.0 Å². The second-order valence-electron chi connectivity index (χ2n) is 11.9. The molecular weight excluding hydrogens is 583 g/mol. The molecule has 0 aliphatic heterocycles. The highest BCUT2D eigenvalue weighted by molar-refractivity contribution is 8.02. The van der Waals surface area contributed by atoms with Crippen molar-refractivity contribution in [3.05, 3.63) is 77.4 Å². The highest BCUT2D eigenvalue weighted by atomic mass is 32.2. The van der Waals surface area contributed by atoms with Gasteiger partial charge in [0.15, 0.2) is 11.5 Å². The zero-order chi connectivity index (χ0) is 31.8. The Balaban J connectivity index is 2.03. The predicted octanol–water partition coefficient (Wildman–Crippen LogP) is 10.4. The summed E-state index contributed by atoms with van der Waals surface area (Å²) in [6.45, 7) is 13.8. The maximum absolute atomic E-state index is 10.5. The molecule has 4 rings (SSSR count). The van der Waals surface area contributed by atoms with Crippen LogP contribution in [0.3, 0.4) is 0 Å². The summed E-state index contributed by atoms with van der Waals surface area (Å²) in [4.78, 5) is 3.34. The van der Waals surface area contributed by atoms with Crippen molar-refractivity contribution in [2.24, 2.45) is 11.8 Å². The zero-order valence-electron chi connectivity index (χ0n) is 26.4. The Labute approximate surface area is 270 Å². The number of fused-ring (bicyclic) bond motifs is 1. The number of para-hydroxylation sites is 1. The van der Waals surface area contributed by atoms with Crippen LogP contribution >= 0.6 is 23.5 Å². The molecule has 0 fully saturated rings. The smallest absolute Gasteiger partial charge is 0.153 e. The van der Waals surface area contributed by atoms with Gasteiger partial charge in [0, 0.05) is 15.5 Å². The first-order chi connectivity index (χ1) is 21.2. The molecular formula is C37H41N3O2S2. The zero-order valence-corrected chi connectivity index (χ0v) is 28.1. The van der Waals surface area contributed by atoms with Gasteiger partial charge in [-0.1, -0.05) is 108 Å². The Bertz CT molecular complexity index is 1700. The monoisotopic (exact) mass is 623 g/mol. The largest absolute Gasteiger partial charge is 0.491 e. The summed E-state index contributed by atoms with van der Waals surface area (Å²) in [6, 6.07) is 25.0. The minimum absolute atomic E-state index is 0.192. The van der Waals surface area contributed by atoms with Crippen LogP contribution in [0.5, 0.6) is 11.5 Å². The molecule has 2 N–H and O–H groups in total. The number of nitriles is 2. The van der Waals surface area contributed by atoms with E-state index in [9.17, 15) is 10.5 Å². The fourth-order valence-corrected chi connectivity index (χ4v) is 7.15. The highest BCUT2D eigenvalue weighted by Gasteiger charge is 2.29. The lowest BCUT2D eigenvalue weighted by Crippen LogP contribution is -2.09. The summed E-state index contributed by atoms with van der Waals surface area (Å²) in [7, 11) is 0. The van der Waals surface area contributed by atoms with Crippen molar-refractivity contribution in [2.45, 2.75) is 79.9 Å². The molecule has 0 aromatic heterocycles. The van der Waals surface area contributed by atoms with Crippen molar-refractivity contribution in [1.82, 2.24) is 0 Å². The second kappa shape index (κ2) is 15.3. The maximum atomic E-state index is 10.5. The van der Waals surface area contributed by atoms with Gasteiger partial charge in [0.1, 0.15) is 23.3 Å². The molecule has 0 bridgehead atoms. The van der Waals surface area contributed by atoms with Crippen LogP contribution in [0, 0.1) is 34.5 Å². The third-order valence-corrected chi connectivity index (χ3v) is 9.79.